The van der Waals surface area contributed by atoms with Crippen molar-refractivity contribution in [2.24, 2.45) is 0 Å². The van der Waals surface area contributed by atoms with Crippen molar-refractivity contribution in [2.45, 2.75) is 30.2 Å². The van der Waals surface area contributed by atoms with Gasteiger partial charge in [-0.1, -0.05) is 41.9 Å². The second-order valence-electron chi connectivity index (χ2n) is 7.95. The van der Waals surface area contributed by atoms with Crippen molar-refractivity contribution in [3.8, 4) is 16.9 Å². The van der Waals surface area contributed by atoms with Crippen LogP contribution in [0.2, 0.25) is 5.02 Å². The van der Waals surface area contributed by atoms with Crippen LogP contribution in [-0.4, -0.2) is 35.7 Å². The number of nitrogens with zero attached hydrogens (tertiary/aromatic N) is 1. The van der Waals surface area contributed by atoms with Crippen LogP contribution in [0.25, 0.3) is 11.1 Å². The molecule has 3 aromatic carbocycles. The average Bonchev–Trinajstić information content (AvgIpc) is 2.83. The highest BCUT2D eigenvalue weighted by atomic mass is 35.5. The number of rotatable bonds is 6. The third-order valence-electron chi connectivity index (χ3n) is 6.20. The fraction of sp³-hybridized carbons (Fsp3) is 0.280. The molecule has 0 fully saturated rings. The minimum absolute atomic E-state index is 0.262. The van der Waals surface area contributed by atoms with Gasteiger partial charge in [-0.05, 0) is 67.8 Å². The molecule has 0 saturated carbocycles. The monoisotopic (exact) mass is 470 g/mol. The summed E-state index contributed by atoms with van der Waals surface area (Å²) in [5.41, 5.74) is 4.25. The Morgan fingerprint density at radius 3 is 2.44 bits per heavy atom. The van der Waals surface area contributed by atoms with Crippen molar-refractivity contribution in [1.29, 1.82) is 0 Å². The molecule has 1 atom stereocenters. The summed E-state index contributed by atoms with van der Waals surface area (Å²) >= 11 is 6.03. The van der Waals surface area contributed by atoms with Gasteiger partial charge in [0.15, 0.2) is 0 Å². The summed E-state index contributed by atoms with van der Waals surface area (Å²) in [4.78, 5) is 0.262. The van der Waals surface area contributed by atoms with E-state index in [1.54, 1.807) is 38.4 Å². The van der Waals surface area contributed by atoms with Crippen LogP contribution in [0.5, 0.6) is 5.75 Å². The van der Waals surface area contributed by atoms with Gasteiger partial charge in [0.25, 0.3) is 10.0 Å². The van der Waals surface area contributed by atoms with E-state index in [0.29, 0.717) is 22.3 Å². The first-order valence-corrected chi connectivity index (χ1v) is 12.4. The number of sulfonamides is 1. The molecule has 1 N–H and O–H groups in total. The Labute approximate surface area is 195 Å². The molecule has 4 rings (SSSR count). The summed E-state index contributed by atoms with van der Waals surface area (Å²) in [6.45, 7) is 0. The first-order chi connectivity index (χ1) is 15.4. The number of fused-ring (bicyclic) bond motifs is 1. The molecule has 3 aromatic rings. The van der Waals surface area contributed by atoms with Crippen molar-refractivity contribution in [1.82, 2.24) is 5.32 Å². The molecule has 0 aromatic heterocycles. The number of likely N-dealkylation sites (N-methyl/N-ethyl adjacent to an activating group) is 1. The minimum atomic E-state index is -3.81. The zero-order chi connectivity index (χ0) is 22.9. The Kier molecular flexibility index (Phi) is 6.47. The van der Waals surface area contributed by atoms with E-state index in [1.165, 1.54) is 4.31 Å². The molecule has 0 spiro atoms. The number of ether oxygens (including phenoxy) is 1. The molecule has 7 heteroatoms. The second-order valence-corrected chi connectivity index (χ2v) is 10.3. The van der Waals surface area contributed by atoms with E-state index in [-0.39, 0.29) is 4.90 Å². The number of nitrogens with one attached hydrogen (secondary N) is 1. The van der Waals surface area contributed by atoms with Crippen LogP contribution in [0, 0.1) is 0 Å². The molecule has 0 bridgehead atoms. The SMILES string of the molecule is CN[C@H]1CCc2c(N(C)S(=O)(=O)c3ccccc3-c3ccc(Cl)cc3)ccc(OC)c2C1. The highest BCUT2D eigenvalue weighted by molar-refractivity contribution is 7.93. The normalized spacial score (nSPS) is 15.8. The van der Waals surface area contributed by atoms with Gasteiger partial charge in [-0.2, -0.15) is 0 Å². The number of halogens is 1. The first kappa shape index (κ1) is 22.6. The second kappa shape index (κ2) is 9.14. The topological polar surface area (TPSA) is 58.6 Å². The predicted molar refractivity (Wildman–Crippen MR) is 130 cm³/mol. The highest BCUT2D eigenvalue weighted by Crippen LogP contribution is 2.39. The van der Waals surface area contributed by atoms with Crippen LogP contribution >= 0.6 is 11.6 Å². The van der Waals surface area contributed by atoms with Crippen molar-refractivity contribution in [3.05, 3.63) is 76.8 Å². The van der Waals surface area contributed by atoms with Gasteiger partial charge in [-0.3, -0.25) is 4.31 Å². The lowest BCUT2D eigenvalue weighted by Crippen LogP contribution is -2.34. The number of hydrogen-bond acceptors (Lipinski definition) is 4. The maximum atomic E-state index is 13.8. The van der Waals surface area contributed by atoms with Crippen molar-refractivity contribution < 1.29 is 13.2 Å². The fourth-order valence-corrected chi connectivity index (χ4v) is 5.96. The smallest absolute Gasteiger partial charge is 0.264 e. The molecule has 5 nitrogen and oxygen atoms in total. The van der Waals surface area contributed by atoms with Gasteiger partial charge < -0.3 is 10.1 Å². The molecular weight excluding hydrogens is 444 g/mol. The van der Waals surface area contributed by atoms with Gasteiger partial charge in [0.2, 0.25) is 0 Å². The van der Waals surface area contributed by atoms with Gasteiger partial charge in [-0.25, -0.2) is 8.42 Å². The highest BCUT2D eigenvalue weighted by Gasteiger charge is 2.30. The van der Waals surface area contributed by atoms with Crippen LogP contribution < -0.4 is 14.4 Å². The minimum Gasteiger partial charge on any atom is -0.496 e. The summed E-state index contributed by atoms with van der Waals surface area (Å²) in [5.74, 6) is 0.802. The van der Waals surface area contributed by atoms with E-state index in [1.807, 2.05) is 43.4 Å². The van der Waals surface area contributed by atoms with E-state index < -0.39 is 10.0 Å². The van der Waals surface area contributed by atoms with Crippen LogP contribution in [0.3, 0.4) is 0 Å². The van der Waals surface area contributed by atoms with Crippen LogP contribution in [0.15, 0.2) is 65.6 Å². The molecule has 1 aliphatic rings. The van der Waals surface area contributed by atoms with Crippen molar-refractivity contribution in [3.63, 3.8) is 0 Å². The van der Waals surface area contributed by atoms with E-state index in [9.17, 15) is 8.42 Å². The molecule has 0 amide bonds. The quantitative estimate of drug-likeness (QED) is 0.555. The lowest BCUT2D eigenvalue weighted by atomic mass is 9.86. The summed E-state index contributed by atoms with van der Waals surface area (Å²) in [7, 11) is 1.42. The maximum Gasteiger partial charge on any atom is 0.264 e. The van der Waals surface area contributed by atoms with Crippen LogP contribution in [-0.2, 0) is 22.9 Å². The van der Waals surface area contributed by atoms with Gasteiger partial charge in [0, 0.05) is 29.2 Å². The van der Waals surface area contributed by atoms with Crippen molar-refractivity contribution >= 4 is 27.3 Å². The molecular formula is C25H27ClN2O3S. The lowest BCUT2D eigenvalue weighted by Gasteiger charge is -2.31. The zero-order valence-electron chi connectivity index (χ0n) is 18.4. The summed E-state index contributed by atoms with van der Waals surface area (Å²) in [5, 5.41) is 3.94. The number of hydrogen-bond donors (Lipinski definition) is 1. The first-order valence-electron chi connectivity index (χ1n) is 10.6. The van der Waals surface area contributed by atoms with E-state index >= 15 is 0 Å². The fourth-order valence-electron chi connectivity index (χ4n) is 4.40. The summed E-state index contributed by atoms with van der Waals surface area (Å²) in [6.07, 6.45) is 2.53. The summed E-state index contributed by atoms with van der Waals surface area (Å²) in [6, 6.07) is 18.3. The molecule has 0 saturated heterocycles. The molecule has 168 valence electrons. The Morgan fingerprint density at radius 1 is 1.03 bits per heavy atom. The lowest BCUT2D eigenvalue weighted by molar-refractivity contribution is 0.398. The molecule has 0 unspecified atom stereocenters. The Balaban J connectivity index is 1.80. The van der Waals surface area contributed by atoms with E-state index in [0.717, 1.165) is 41.7 Å². The number of benzene rings is 3. The number of methoxy groups -OCH3 is 1. The van der Waals surface area contributed by atoms with E-state index in [2.05, 4.69) is 5.32 Å². The maximum absolute atomic E-state index is 13.8. The Bertz CT molecular complexity index is 1230. The van der Waals surface area contributed by atoms with E-state index in [4.69, 9.17) is 16.3 Å². The van der Waals surface area contributed by atoms with Crippen LogP contribution in [0.1, 0.15) is 17.5 Å². The molecule has 1 aliphatic carbocycles. The predicted octanol–water partition coefficient (Wildman–Crippen LogP) is 4.92. The van der Waals surface area contributed by atoms with Crippen molar-refractivity contribution in [2.75, 3.05) is 25.5 Å². The van der Waals surface area contributed by atoms with Crippen LogP contribution in [0.4, 0.5) is 5.69 Å². The Hall–Kier alpha value is -2.54. The molecule has 0 heterocycles. The molecule has 0 aliphatic heterocycles. The third-order valence-corrected chi connectivity index (χ3v) is 8.29. The Morgan fingerprint density at radius 2 is 1.75 bits per heavy atom. The molecule has 32 heavy (non-hydrogen) atoms. The average molecular weight is 471 g/mol. The zero-order valence-corrected chi connectivity index (χ0v) is 20.0. The largest absolute Gasteiger partial charge is 0.496 e. The van der Waals surface area contributed by atoms with Gasteiger partial charge in [0.05, 0.1) is 17.7 Å². The van der Waals surface area contributed by atoms with Gasteiger partial charge >= 0.3 is 0 Å². The third kappa shape index (κ3) is 4.10. The van der Waals surface area contributed by atoms with Gasteiger partial charge in [-0.15, -0.1) is 0 Å². The summed E-state index contributed by atoms with van der Waals surface area (Å²) < 4.78 is 34.6. The van der Waals surface area contributed by atoms with Gasteiger partial charge in [0.1, 0.15) is 5.75 Å². The number of anilines is 1. The standard InChI is InChI=1S/C25H27ClN2O3S/c1-27-19-12-13-21-22(16-19)24(31-3)15-14-23(21)28(2)32(29,30)25-7-5-4-6-20(25)17-8-10-18(26)11-9-17/h4-11,14-15,19,27H,12-13,16H2,1-3H3/t19-/m0/s1. The molecule has 0 radical (unpaired) electrons.